The van der Waals surface area contributed by atoms with Gasteiger partial charge in [0.25, 0.3) is 0 Å². The predicted molar refractivity (Wildman–Crippen MR) is 115 cm³/mol. The van der Waals surface area contributed by atoms with Crippen LogP contribution < -0.4 is 0 Å². The molecule has 0 atom stereocenters. The van der Waals surface area contributed by atoms with Crippen molar-refractivity contribution in [1.29, 1.82) is 5.26 Å². The van der Waals surface area contributed by atoms with Crippen molar-refractivity contribution in [2.75, 3.05) is 0 Å². The number of hydrogen-bond acceptors (Lipinski definition) is 3. The average molecular weight is 385 g/mol. The van der Waals surface area contributed by atoms with Crippen molar-refractivity contribution in [2.45, 2.75) is 64.3 Å². The summed E-state index contributed by atoms with van der Waals surface area (Å²) in [6.07, 6.45) is 5.69. The highest BCUT2D eigenvalue weighted by Crippen LogP contribution is 2.33. The number of nitriles is 1. The summed E-state index contributed by atoms with van der Waals surface area (Å²) < 4.78 is 2.23. The Morgan fingerprint density at radius 1 is 0.862 bits per heavy atom. The Bertz CT molecular complexity index is 959. The molecule has 0 spiro atoms. The van der Waals surface area contributed by atoms with Crippen LogP contribution in [-0.2, 0) is 31.2 Å². The summed E-state index contributed by atoms with van der Waals surface area (Å²) in [6.45, 7) is 5.08. The maximum absolute atomic E-state index is 10.5. The summed E-state index contributed by atoms with van der Waals surface area (Å²) >= 11 is 0. The Morgan fingerprint density at radius 3 is 2.00 bits per heavy atom. The molecule has 0 bridgehead atoms. The molecule has 0 N–H and O–H groups in total. The summed E-state index contributed by atoms with van der Waals surface area (Å²) in [6, 6.07) is 19.7. The van der Waals surface area contributed by atoms with Gasteiger partial charge < -0.3 is 4.57 Å². The van der Waals surface area contributed by atoms with Crippen molar-refractivity contribution in [3.05, 3.63) is 82.4 Å². The minimum Gasteiger partial charge on any atom is -0.314 e. The molecule has 148 valence electrons. The first kappa shape index (κ1) is 19.4. The van der Waals surface area contributed by atoms with Crippen LogP contribution in [0.2, 0.25) is 0 Å². The lowest BCUT2D eigenvalue weighted by atomic mass is 9.76. The molecule has 0 amide bonds. The third-order valence-electron chi connectivity index (χ3n) is 6.00. The zero-order valence-corrected chi connectivity index (χ0v) is 17.4. The smallest absolute Gasteiger partial charge is 0.154 e. The molecule has 0 fully saturated rings. The normalized spacial score (nSPS) is 14.1. The highest BCUT2D eigenvalue weighted by molar-refractivity contribution is 5.35. The molecule has 0 aliphatic carbocycles. The van der Waals surface area contributed by atoms with Gasteiger partial charge in [-0.1, -0.05) is 66.1 Å². The largest absolute Gasteiger partial charge is 0.314 e. The molecule has 4 rings (SSSR count). The molecule has 4 nitrogen and oxygen atoms in total. The molecule has 4 heteroatoms. The number of rotatable bonds is 5. The number of fused-ring (bicyclic) bond motifs is 1. The standard InChI is InChI=1S/C25H28N4/c1-19-7-11-21(12-8-19)16-25(18-26,17-22-13-9-20(2)10-14-22)24-28-27-23-6-4-3-5-15-29(23)24/h7-14H,3-6,15-17H2,1-2H3. The molecule has 1 aliphatic rings. The molecule has 0 saturated carbocycles. The highest BCUT2D eigenvalue weighted by Gasteiger charge is 2.39. The van der Waals surface area contributed by atoms with Gasteiger partial charge in [0.05, 0.1) is 6.07 Å². The van der Waals surface area contributed by atoms with E-state index in [1.807, 2.05) is 0 Å². The van der Waals surface area contributed by atoms with E-state index in [1.54, 1.807) is 0 Å². The summed E-state index contributed by atoms with van der Waals surface area (Å²) in [5.41, 5.74) is 4.04. The van der Waals surface area contributed by atoms with E-state index in [9.17, 15) is 5.26 Å². The van der Waals surface area contributed by atoms with Gasteiger partial charge in [0, 0.05) is 13.0 Å². The van der Waals surface area contributed by atoms with Crippen LogP contribution >= 0.6 is 0 Å². The van der Waals surface area contributed by atoms with E-state index in [2.05, 4.69) is 83.2 Å². The van der Waals surface area contributed by atoms with E-state index < -0.39 is 5.41 Å². The van der Waals surface area contributed by atoms with E-state index in [0.717, 1.165) is 48.6 Å². The third kappa shape index (κ3) is 4.10. The zero-order chi connectivity index (χ0) is 20.3. The van der Waals surface area contributed by atoms with E-state index in [1.165, 1.54) is 17.5 Å². The van der Waals surface area contributed by atoms with Gasteiger partial charge in [-0.2, -0.15) is 5.26 Å². The van der Waals surface area contributed by atoms with Crippen LogP contribution in [0.25, 0.3) is 0 Å². The number of aromatic nitrogens is 3. The van der Waals surface area contributed by atoms with E-state index in [-0.39, 0.29) is 0 Å². The molecule has 0 radical (unpaired) electrons. The molecule has 29 heavy (non-hydrogen) atoms. The van der Waals surface area contributed by atoms with Crippen LogP contribution in [-0.4, -0.2) is 14.8 Å². The van der Waals surface area contributed by atoms with Gasteiger partial charge in [-0.3, -0.25) is 0 Å². The number of hydrogen-bond donors (Lipinski definition) is 0. The van der Waals surface area contributed by atoms with Crippen LogP contribution in [0.3, 0.4) is 0 Å². The molecular weight excluding hydrogens is 356 g/mol. The van der Waals surface area contributed by atoms with Crippen molar-refractivity contribution in [1.82, 2.24) is 14.8 Å². The Balaban J connectivity index is 1.79. The molecule has 0 saturated heterocycles. The fraction of sp³-hybridized carbons (Fsp3) is 0.400. The van der Waals surface area contributed by atoms with Crippen LogP contribution in [0.1, 0.15) is 53.2 Å². The van der Waals surface area contributed by atoms with Crippen LogP contribution in [0, 0.1) is 25.2 Å². The Morgan fingerprint density at radius 2 is 1.45 bits per heavy atom. The quantitative estimate of drug-likeness (QED) is 0.631. The molecular formula is C25H28N4. The zero-order valence-electron chi connectivity index (χ0n) is 17.4. The Kier molecular flexibility index (Phi) is 5.49. The van der Waals surface area contributed by atoms with Crippen molar-refractivity contribution in [2.24, 2.45) is 0 Å². The second kappa shape index (κ2) is 8.21. The van der Waals surface area contributed by atoms with E-state index in [0.29, 0.717) is 12.8 Å². The van der Waals surface area contributed by atoms with Crippen LogP contribution in [0.4, 0.5) is 0 Å². The molecule has 2 heterocycles. The van der Waals surface area contributed by atoms with Crippen molar-refractivity contribution >= 4 is 0 Å². The maximum Gasteiger partial charge on any atom is 0.154 e. The highest BCUT2D eigenvalue weighted by atomic mass is 15.3. The Hall–Kier alpha value is -2.93. The number of aryl methyl sites for hydroxylation is 3. The van der Waals surface area contributed by atoms with Gasteiger partial charge in [0.1, 0.15) is 11.2 Å². The second-order valence-corrected chi connectivity index (χ2v) is 8.42. The van der Waals surface area contributed by atoms with Crippen LogP contribution in [0.5, 0.6) is 0 Å². The molecule has 1 aliphatic heterocycles. The molecule has 2 aromatic carbocycles. The van der Waals surface area contributed by atoms with Gasteiger partial charge in [-0.15, -0.1) is 10.2 Å². The van der Waals surface area contributed by atoms with Gasteiger partial charge in [-0.05, 0) is 50.7 Å². The lowest BCUT2D eigenvalue weighted by Gasteiger charge is -2.27. The van der Waals surface area contributed by atoms with E-state index in [4.69, 9.17) is 0 Å². The third-order valence-corrected chi connectivity index (χ3v) is 6.00. The average Bonchev–Trinajstić information content (AvgIpc) is 3.00. The van der Waals surface area contributed by atoms with Crippen molar-refractivity contribution < 1.29 is 0 Å². The summed E-state index contributed by atoms with van der Waals surface area (Å²) in [5.74, 6) is 1.86. The first-order valence-corrected chi connectivity index (χ1v) is 10.5. The fourth-order valence-corrected chi connectivity index (χ4v) is 4.30. The lowest BCUT2D eigenvalue weighted by Crippen LogP contribution is -2.34. The first-order valence-electron chi connectivity index (χ1n) is 10.5. The molecule has 3 aromatic rings. The fourth-order valence-electron chi connectivity index (χ4n) is 4.30. The summed E-state index contributed by atoms with van der Waals surface area (Å²) in [4.78, 5) is 0. The molecule has 1 aromatic heterocycles. The van der Waals surface area contributed by atoms with Gasteiger partial charge in [-0.25, -0.2) is 0 Å². The minimum absolute atomic E-state index is 0.635. The van der Waals surface area contributed by atoms with E-state index >= 15 is 0 Å². The number of benzene rings is 2. The van der Waals surface area contributed by atoms with Crippen molar-refractivity contribution in [3.63, 3.8) is 0 Å². The second-order valence-electron chi connectivity index (χ2n) is 8.42. The SMILES string of the molecule is Cc1ccc(CC(C#N)(Cc2ccc(C)cc2)c2nnc3n2CCCCC3)cc1. The van der Waals surface area contributed by atoms with Gasteiger partial charge >= 0.3 is 0 Å². The maximum atomic E-state index is 10.5. The lowest BCUT2D eigenvalue weighted by molar-refractivity contribution is 0.464. The number of nitrogens with zero attached hydrogens (tertiary/aromatic N) is 4. The van der Waals surface area contributed by atoms with Crippen LogP contribution in [0.15, 0.2) is 48.5 Å². The first-order chi connectivity index (χ1) is 14.1. The Labute approximate surface area is 173 Å². The predicted octanol–water partition coefficient (Wildman–Crippen LogP) is 4.87. The van der Waals surface area contributed by atoms with Gasteiger partial charge in [0.2, 0.25) is 0 Å². The monoisotopic (exact) mass is 384 g/mol. The molecule has 0 unspecified atom stereocenters. The summed E-state index contributed by atoms with van der Waals surface area (Å²) in [5, 5.41) is 19.6. The summed E-state index contributed by atoms with van der Waals surface area (Å²) in [7, 11) is 0. The minimum atomic E-state index is -0.736. The van der Waals surface area contributed by atoms with Gasteiger partial charge in [0.15, 0.2) is 5.82 Å². The van der Waals surface area contributed by atoms with Crippen molar-refractivity contribution in [3.8, 4) is 6.07 Å². The topological polar surface area (TPSA) is 54.5 Å².